The van der Waals surface area contributed by atoms with E-state index in [0.717, 1.165) is 42.6 Å². The number of Topliss-reactive ketones (excluding diaryl/α,β-unsaturated/α-hetero) is 1. The maximum atomic E-state index is 13.5. The quantitative estimate of drug-likeness (QED) is 0.304. The van der Waals surface area contributed by atoms with Crippen LogP contribution in [0, 0.1) is 37.0 Å². The number of carbonyl (C=O) groups excluding carboxylic acids is 2. The second kappa shape index (κ2) is 10.3. The Kier molecular flexibility index (Phi) is 7.19. The summed E-state index contributed by atoms with van der Waals surface area (Å²) in [5.74, 6) is -0.561. The monoisotopic (exact) mass is 548 g/mol. The minimum absolute atomic E-state index is 0.0932. The molecule has 9 nitrogen and oxygen atoms in total. The number of cyclic esters (lactones) is 1. The van der Waals surface area contributed by atoms with Gasteiger partial charge in [-0.25, -0.2) is 9.50 Å². The third-order valence-corrected chi connectivity index (χ3v) is 8.49. The van der Waals surface area contributed by atoms with Crippen LogP contribution < -0.4 is 0 Å². The van der Waals surface area contributed by atoms with Gasteiger partial charge in [-0.15, -0.1) is 5.10 Å². The van der Waals surface area contributed by atoms with Gasteiger partial charge in [-0.05, 0) is 77.0 Å². The van der Waals surface area contributed by atoms with Crippen molar-refractivity contribution in [3.63, 3.8) is 0 Å². The van der Waals surface area contributed by atoms with Crippen LogP contribution in [0.1, 0.15) is 80.8 Å². The molecule has 0 radical (unpaired) electrons. The summed E-state index contributed by atoms with van der Waals surface area (Å²) in [6, 6.07) is 5.96. The van der Waals surface area contributed by atoms with E-state index in [0.29, 0.717) is 35.2 Å². The first-order valence-electron chi connectivity index (χ1n) is 13.5. The first-order chi connectivity index (χ1) is 18.5. The lowest BCUT2D eigenvalue weighted by molar-refractivity contribution is -0.185. The van der Waals surface area contributed by atoms with Gasteiger partial charge in [-0.2, -0.15) is 10.2 Å². The molecule has 0 bridgehead atoms. The lowest BCUT2D eigenvalue weighted by Gasteiger charge is -2.43. The number of rotatable bonds is 7. The number of esters is 1. The molecule has 0 spiro atoms. The highest BCUT2D eigenvalue weighted by Crippen LogP contribution is 2.45. The maximum absolute atomic E-state index is 13.5. The van der Waals surface area contributed by atoms with Crippen LogP contribution in [-0.2, 0) is 32.6 Å². The Labute approximate surface area is 233 Å². The molecule has 3 aromatic rings. The molecule has 1 aliphatic carbocycles. The Balaban J connectivity index is 1.35. The Hall–Kier alpha value is -3.38. The number of aromatic nitrogens is 5. The summed E-state index contributed by atoms with van der Waals surface area (Å²) in [4.78, 5) is 40.3. The van der Waals surface area contributed by atoms with E-state index in [1.807, 2.05) is 26.0 Å². The van der Waals surface area contributed by atoms with Crippen molar-refractivity contribution in [2.45, 2.75) is 90.1 Å². The Bertz CT molecular complexity index is 1470. The lowest BCUT2D eigenvalue weighted by atomic mass is 9.74. The van der Waals surface area contributed by atoms with Crippen LogP contribution in [0.5, 0.6) is 0 Å². The van der Waals surface area contributed by atoms with Crippen LogP contribution in [0.25, 0.3) is 5.78 Å². The third kappa shape index (κ3) is 5.27. The zero-order valence-electron chi connectivity index (χ0n) is 22.8. The molecule has 3 aromatic heterocycles. The SMILES string of the molecule is Cc1cc(C)n2nc(CC3C(=O)CC(CCc4cnc(C(C)(C)C#N)c(Cl)c4)(C4CCCC4)OC3=O)nc2n1. The van der Waals surface area contributed by atoms with Gasteiger partial charge in [0.1, 0.15) is 11.5 Å². The molecule has 2 aliphatic rings. The van der Waals surface area contributed by atoms with Gasteiger partial charge >= 0.3 is 5.97 Å². The van der Waals surface area contributed by atoms with Crippen LogP contribution in [0.2, 0.25) is 5.02 Å². The summed E-state index contributed by atoms with van der Waals surface area (Å²) in [7, 11) is 0. The van der Waals surface area contributed by atoms with Crippen molar-refractivity contribution in [1.29, 1.82) is 5.26 Å². The molecule has 5 rings (SSSR count). The first-order valence-corrected chi connectivity index (χ1v) is 13.9. The predicted octanol–water partition coefficient (Wildman–Crippen LogP) is 4.83. The second-order valence-corrected chi connectivity index (χ2v) is 12.0. The van der Waals surface area contributed by atoms with E-state index < -0.39 is 22.9 Å². The van der Waals surface area contributed by atoms with E-state index in [-0.39, 0.29) is 24.5 Å². The van der Waals surface area contributed by atoms with E-state index in [1.165, 1.54) is 0 Å². The molecule has 2 unspecified atom stereocenters. The minimum Gasteiger partial charge on any atom is -0.458 e. The van der Waals surface area contributed by atoms with Gasteiger partial charge in [-0.1, -0.05) is 24.4 Å². The zero-order chi connectivity index (χ0) is 27.9. The number of halogens is 1. The molecular formula is C29H33ClN6O3. The number of hydrogen-bond acceptors (Lipinski definition) is 8. The van der Waals surface area contributed by atoms with E-state index in [4.69, 9.17) is 16.3 Å². The van der Waals surface area contributed by atoms with Crippen molar-refractivity contribution >= 4 is 29.1 Å². The molecule has 0 N–H and O–H groups in total. The number of aryl methyl sites for hydroxylation is 3. The Morgan fingerprint density at radius 2 is 1.95 bits per heavy atom. The van der Waals surface area contributed by atoms with Gasteiger partial charge in [0.05, 0.1) is 22.2 Å². The number of nitriles is 1. The Morgan fingerprint density at radius 1 is 1.21 bits per heavy atom. The van der Waals surface area contributed by atoms with Gasteiger partial charge < -0.3 is 4.74 Å². The van der Waals surface area contributed by atoms with E-state index >= 15 is 0 Å². The van der Waals surface area contributed by atoms with Crippen LogP contribution in [0.3, 0.4) is 0 Å². The third-order valence-electron chi connectivity index (χ3n) is 8.20. The summed E-state index contributed by atoms with van der Waals surface area (Å²) < 4.78 is 7.87. The van der Waals surface area contributed by atoms with Crippen molar-refractivity contribution < 1.29 is 14.3 Å². The average Bonchev–Trinajstić information content (AvgIpc) is 3.56. The summed E-state index contributed by atoms with van der Waals surface area (Å²) in [6.45, 7) is 7.36. The standard InChI is InChI=1S/C29H33ClN6O3/c1-17-11-18(2)36-27(33-17)34-24(35-36)13-21-23(37)14-29(39-26(21)38,20-7-5-6-8-20)10-9-19-12-22(30)25(32-15-19)28(3,4)16-31/h11-12,15,20-21H,5-10,13-14H2,1-4H3. The highest BCUT2D eigenvalue weighted by atomic mass is 35.5. The molecule has 1 saturated carbocycles. The lowest BCUT2D eigenvalue weighted by Crippen LogP contribution is -2.52. The normalized spacial score (nSPS) is 22.3. The predicted molar refractivity (Wildman–Crippen MR) is 144 cm³/mol. The molecule has 1 aliphatic heterocycles. The van der Waals surface area contributed by atoms with Gasteiger partial charge in [0.15, 0.2) is 11.6 Å². The van der Waals surface area contributed by atoms with Gasteiger partial charge in [0, 0.05) is 30.4 Å². The van der Waals surface area contributed by atoms with Crippen LogP contribution in [-0.4, -0.2) is 41.9 Å². The van der Waals surface area contributed by atoms with E-state index in [1.54, 1.807) is 24.6 Å². The molecule has 10 heteroatoms. The number of pyridine rings is 1. The summed E-state index contributed by atoms with van der Waals surface area (Å²) in [6.07, 6.45) is 7.04. The van der Waals surface area contributed by atoms with E-state index in [9.17, 15) is 14.9 Å². The molecule has 39 heavy (non-hydrogen) atoms. The van der Waals surface area contributed by atoms with E-state index in [2.05, 4.69) is 26.1 Å². The second-order valence-electron chi connectivity index (χ2n) is 11.6. The summed E-state index contributed by atoms with van der Waals surface area (Å²) in [5.41, 5.74) is 1.47. The number of ether oxygens (including phenoxy) is 1. The van der Waals surface area contributed by atoms with Crippen LogP contribution >= 0.6 is 11.6 Å². The van der Waals surface area contributed by atoms with Crippen molar-refractivity contribution in [2.75, 3.05) is 0 Å². The van der Waals surface area contributed by atoms with Gasteiger partial charge in [0.2, 0.25) is 0 Å². The highest BCUT2D eigenvalue weighted by Gasteiger charge is 2.51. The van der Waals surface area contributed by atoms with Crippen molar-refractivity contribution in [1.82, 2.24) is 24.6 Å². The number of fused-ring (bicyclic) bond motifs is 1. The Morgan fingerprint density at radius 3 is 2.62 bits per heavy atom. The molecule has 4 heterocycles. The fourth-order valence-corrected chi connectivity index (χ4v) is 6.46. The topological polar surface area (TPSA) is 123 Å². The average molecular weight is 549 g/mol. The molecule has 1 saturated heterocycles. The summed E-state index contributed by atoms with van der Waals surface area (Å²) >= 11 is 6.50. The molecular weight excluding hydrogens is 516 g/mol. The molecule has 0 aromatic carbocycles. The van der Waals surface area contributed by atoms with Crippen LogP contribution in [0.4, 0.5) is 0 Å². The number of carbonyl (C=O) groups is 2. The molecule has 2 fully saturated rings. The minimum atomic E-state index is -0.929. The highest BCUT2D eigenvalue weighted by molar-refractivity contribution is 6.31. The van der Waals surface area contributed by atoms with Crippen molar-refractivity contribution in [3.05, 3.63) is 51.8 Å². The number of nitrogens with zero attached hydrogens (tertiary/aromatic N) is 6. The fourth-order valence-electron chi connectivity index (χ4n) is 6.04. The number of hydrogen-bond donors (Lipinski definition) is 0. The van der Waals surface area contributed by atoms with Crippen molar-refractivity contribution in [2.24, 2.45) is 11.8 Å². The fraction of sp³-hybridized carbons (Fsp3) is 0.552. The van der Waals surface area contributed by atoms with Gasteiger partial charge in [-0.3, -0.25) is 14.6 Å². The van der Waals surface area contributed by atoms with Crippen molar-refractivity contribution in [3.8, 4) is 6.07 Å². The molecule has 0 amide bonds. The maximum Gasteiger partial charge on any atom is 0.317 e. The zero-order valence-corrected chi connectivity index (χ0v) is 23.6. The summed E-state index contributed by atoms with van der Waals surface area (Å²) in [5, 5.41) is 14.4. The first kappa shape index (κ1) is 27.2. The van der Waals surface area contributed by atoms with Gasteiger partial charge in [0.25, 0.3) is 5.78 Å². The number of ketones is 1. The van der Waals surface area contributed by atoms with Crippen LogP contribution in [0.15, 0.2) is 18.3 Å². The molecule has 2 atom stereocenters. The molecule has 204 valence electrons. The largest absolute Gasteiger partial charge is 0.458 e. The smallest absolute Gasteiger partial charge is 0.317 e.